The lowest BCUT2D eigenvalue weighted by molar-refractivity contribution is -0.134. The molecule has 0 aliphatic carbocycles. The molecule has 2 rings (SSSR count). The average Bonchev–Trinajstić information content (AvgIpc) is 2.72. The van der Waals surface area contributed by atoms with E-state index in [0.717, 1.165) is 11.0 Å². The molecule has 1 aromatic carbocycles. The molecule has 1 saturated heterocycles. The second-order valence-corrected chi connectivity index (χ2v) is 6.44. The van der Waals surface area contributed by atoms with Crippen molar-refractivity contribution in [2.75, 3.05) is 14.2 Å². The number of methoxy groups -OCH3 is 2. The van der Waals surface area contributed by atoms with E-state index in [0.29, 0.717) is 5.75 Å². The molecule has 0 saturated carbocycles. The predicted molar refractivity (Wildman–Crippen MR) is 89.8 cm³/mol. The van der Waals surface area contributed by atoms with Gasteiger partial charge in [-0.1, -0.05) is 6.07 Å². The second-order valence-electron chi connectivity index (χ2n) is 6.44. The molecular formula is C17H23BO5. The van der Waals surface area contributed by atoms with Gasteiger partial charge >= 0.3 is 13.1 Å². The Bertz CT molecular complexity index is 605. The van der Waals surface area contributed by atoms with Crippen molar-refractivity contribution in [2.45, 2.75) is 38.9 Å². The van der Waals surface area contributed by atoms with E-state index in [-0.39, 0.29) is 0 Å². The van der Waals surface area contributed by atoms with Gasteiger partial charge in [0.05, 0.1) is 25.4 Å². The number of carbonyl (C=O) groups is 1. The van der Waals surface area contributed by atoms with E-state index in [1.807, 2.05) is 45.9 Å². The summed E-state index contributed by atoms with van der Waals surface area (Å²) in [4.78, 5) is 11.4. The zero-order valence-electron chi connectivity index (χ0n) is 14.5. The Morgan fingerprint density at radius 1 is 1.13 bits per heavy atom. The highest BCUT2D eigenvalue weighted by atomic mass is 16.7. The molecule has 0 atom stereocenters. The monoisotopic (exact) mass is 318 g/mol. The van der Waals surface area contributed by atoms with E-state index in [1.54, 1.807) is 13.2 Å². The third-order valence-electron chi connectivity index (χ3n) is 4.40. The highest BCUT2D eigenvalue weighted by molar-refractivity contribution is 6.63. The molecule has 0 amide bonds. The lowest BCUT2D eigenvalue weighted by Gasteiger charge is -2.32. The van der Waals surface area contributed by atoms with E-state index in [1.165, 1.54) is 13.2 Å². The zero-order valence-corrected chi connectivity index (χ0v) is 14.5. The Labute approximate surface area is 137 Å². The van der Waals surface area contributed by atoms with Gasteiger partial charge in [0.25, 0.3) is 0 Å². The first-order valence-corrected chi connectivity index (χ1v) is 7.50. The molecule has 6 heteroatoms. The fourth-order valence-electron chi connectivity index (χ4n) is 2.23. The van der Waals surface area contributed by atoms with Gasteiger partial charge in [0.15, 0.2) is 0 Å². The highest BCUT2D eigenvalue weighted by Gasteiger charge is 2.52. The fourth-order valence-corrected chi connectivity index (χ4v) is 2.23. The van der Waals surface area contributed by atoms with Gasteiger partial charge in [-0.05, 0) is 56.9 Å². The van der Waals surface area contributed by atoms with Crippen molar-refractivity contribution in [3.63, 3.8) is 0 Å². The maximum absolute atomic E-state index is 11.4. The van der Waals surface area contributed by atoms with Gasteiger partial charge in [0.1, 0.15) is 5.75 Å². The van der Waals surface area contributed by atoms with E-state index in [9.17, 15) is 4.79 Å². The predicted octanol–water partition coefficient (Wildman–Crippen LogP) is 2.18. The van der Waals surface area contributed by atoms with Crippen LogP contribution in [0.3, 0.4) is 0 Å². The number of hydrogen-bond acceptors (Lipinski definition) is 5. The third kappa shape index (κ3) is 3.59. The molecule has 1 aromatic rings. The van der Waals surface area contributed by atoms with Crippen LogP contribution in [0.4, 0.5) is 0 Å². The maximum atomic E-state index is 11.4. The minimum absolute atomic E-state index is 0.423. The summed E-state index contributed by atoms with van der Waals surface area (Å²) in [5, 5.41) is 0. The van der Waals surface area contributed by atoms with Gasteiger partial charge in [0.2, 0.25) is 0 Å². The number of esters is 1. The largest absolute Gasteiger partial charge is 0.497 e. The molecule has 1 aliphatic rings. The summed E-state index contributed by atoms with van der Waals surface area (Å²) in [6.07, 6.45) is 3.04. The standard InChI is InChI=1S/C17H23BO5/c1-16(2)17(3,4)23-18(22-16)14-9-8-13(20-5)11-12(14)7-10-15(19)21-6/h7-11H,1-6H3/b10-7+. The van der Waals surface area contributed by atoms with Crippen LogP contribution in [0.1, 0.15) is 33.3 Å². The van der Waals surface area contributed by atoms with Crippen LogP contribution in [0.15, 0.2) is 24.3 Å². The number of hydrogen-bond donors (Lipinski definition) is 0. The first kappa shape index (κ1) is 17.6. The van der Waals surface area contributed by atoms with Crippen molar-refractivity contribution in [3.05, 3.63) is 29.8 Å². The number of ether oxygens (including phenoxy) is 2. The highest BCUT2D eigenvalue weighted by Crippen LogP contribution is 2.36. The van der Waals surface area contributed by atoms with Crippen molar-refractivity contribution in [2.24, 2.45) is 0 Å². The molecule has 0 N–H and O–H groups in total. The summed E-state index contributed by atoms with van der Waals surface area (Å²) >= 11 is 0. The van der Waals surface area contributed by atoms with E-state index >= 15 is 0 Å². The smallest absolute Gasteiger partial charge is 0.495 e. The molecule has 0 aromatic heterocycles. The van der Waals surface area contributed by atoms with Crippen LogP contribution in [-0.2, 0) is 18.8 Å². The molecule has 124 valence electrons. The van der Waals surface area contributed by atoms with Gasteiger partial charge in [-0.15, -0.1) is 0 Å². The summed E-state index contributed by atoms with van der Waals surface area (Å²) in [6.45, 7) is 8.00. The maximum Gasteiger partial charge on any atom is 0.495 e. The first-order valence-electron chi connectivity index (χ1n) is 7.50. The van der Waals surface area contributed by atoms with Gasteiger partial charge in [-0.2, -0.15) is 0 Å². The molecule has 5 nitrogen and oxygen atoms in total. The van der Waals surface area contributed by atoms with Crippen LogP contribution >= 0.6 is 0 Å². The van der Waals surface area contributed by atoms with Crippen LogP contribution in [0, 0.1) is 0 Å². The molecule has 1 heterocycles. The molecule has 1 fully saturated rings. The summed E-state index contributed by atoms with van der Waals surface area (Å²) in [5.41, 5.74) is 0.764. The third-order valence-corrected chi connectivity index (χ3v) is 4.40. The number of rotatable bonds is 4. The van der Waals surface area contributed by atoms with Crippen molar-refractivity contribution in [1.29, 1.82) is 0 Å². The number of carbonyl (C=O) groups excluding carboxylic acids is 1. The van der Waals surface area contributed by atoms with E-state index < -0.39 is 24.3 Å². The number of benzene rings is 1. The lowest BCUT2D eigenvalue weighted by Crippen LogP contribution is -2.41. The normalized spacial score (nSPS) is 19.1. The van der Waals surface area contributed by atoms with Crippen molar-refractivity contribution >= 4 is 24.6 Å². The Morgan fingerprint density at radius 3 is 2.26 bits per heavy atom. The van der Waals surface area contributed by atoms with Gasteiger partial charge < -0.3 is 18.8 Å². The summed E-state index contributed by atoms with van der Waals surface area (Å²) in [7, 11) is 2.42. The molecule has 0 spiro atoms. The van der Waals surface area contributed by atoms with Gasteiger partial charge in [0, 0.05) is 6.08 Å². The average molecular weight is 318 g/mol. The molecule has 0 radical (unpaired) electrons. The molecule has 0 bridgehead atoms. The second kappa shape index (κ2) is 6.38. The van der Waals surface area contributed by atoms with Crippen molar-refractivity contribution < 1.29 is 23.6 Å². The Kier molecular flexibility index (Phi) is 4.87. The minimum Gasteiger partial charge on any atom is -0.497 e. The fraction of sp³-hybridized carbons (Fsp3) is 0.471. The topological polar surface area (TPSA) is 54.0 Å². The zero-order chi connectivity index (χ0) is 17.3. The van der Waals surface area contributed by atoms with Crippen LogP contribution < -0.4 is 10.2 Å². The summed E-state index contributed by atoms with van der Waals surface area (Å²) in [5.74, 6) is 0.266. The molecule has 23 heavy (non-hydrogen) atoms. The van der Waals surface area contributed by atoms with Crippen molar-refractivity contribution in [1.82, 2.24) is 0 Å². The van der Waals surface area contributed by atoms with Crippen molar-refractivity contribution in [3.8, 4) is 5.75 Å². The molecular weight excluding hydrogens is 295 g/mol. The Morgan fingerprint density at radius 2 is 1.74 bits per heavy atom. The van der Waals surface area contributed by atoms with Gasteiger partial charge in [-0.25, -0.2) is 4.79 Å². The van der Waals surface area contributed by atoms with Crippen LogP contribution in [0.25, 0.3) is 6.08 Å². The van der Waals surface area contributed by atoms with Crippen LogP contribution in [-0.4, -0.2) is 38.5 Å². The molecule has 1 aliphatic heterocycles. The quantitative estimate of drug-likeness (QED) is 0.484. The molecule has 0 unspecified atom stereocenters. The summed E-state index contributed by atoms with van der Waals surface area (Å²) in [6, 6.07) is 5.56. The van der Waals surface area contributed by atoms with Crippen LogP contribution in [0.5, 0.6) is 5.75 Å². The summed E-state index contributed by atoms with van der Waals surface area (Å²) < 4.78 is 22.1. The minimum atomic E-state index is -0.511. The van der Waals surface area contributed by atoms with E-state index in [4.69, 9.17) is 14.0 Å². The Hall–Kier alpha value is -1.79. The van der Waals surface area contributed by atoms with E-state index in [2.05, 4.69) is 4.74 Å². The first-order chi connectivity index (χ1) is 10.7. The van der Waals surface area contributed by atoms with Crippen LogP contribution in [0.2, 0.25) is 0 Å². The SMILES string of the molecule is COC(=O)/C=C/c1cc(OC)ccc1B1OC(C)(C)C(C)(C)O1. The van der Waals surface area contributed by atoms with Gasteiger partial charge in [-0.3, -0.25) is 0 Å². The Balaban J connectivity index is 2.39. The lowest BCUT2D eigenvalue weighted by atomic mass is 9.75.